The molecule has 0 saturated carbocycles. The summed E-state index contributed by atoms with van der Waals surface area (Å²) in [7, 11) is 3.84. The standard InChI is InChI=1S/C12H26N4OS/c1-15(6-9-17-2)5-3-4-14-12(13)16-7-10-18-11-8-16/h3-11H2,1-2H3,(H2,13,14). The van der Waals surface area contributed by atoms with Gasteiger partial charge >= 0.3 is 0 Å². The van der Waals surface area contributed by atoms with E-state index < -0.39 is 0 Å². The number of likely N-dealkylation sites (N-methyl/N-ethyl adjacent to an activating group) is 1. The van der Waals surface area contributed by atoms with E-state index >= 15 is 0 Å². The molecule has 0 aliphatic carbocycles. The number of ether oxygens (including phenoxy) is 1. The molecule has 6 heteroatoms. The van der Waals surface area contributed by atoms with E-state index in [0.29, 0.717) is 0 Å². The molecule has 1 aliphatic rings. The third kappa shape index (κ3) is 6.47. The molecule has 1 fully saturated rings. The normalized spacial score (nSPS) is 17.5. The summed E-state index contributed by atoms with van der Waals surface area (Å²) >= 11 is 1.99. The van der Waals surface area contributed by atoms with Gasteiger partial charge in [0, 0.05) is 44.8 Å². The van der Waals surface area contributed by atoms with Gasteiger partial charge in [0.1, 0.15) is 0 Å². The van der Waals surface area contributed by atoms with Crippen molar-refractivity contribution in [2.24, 2.45) is 10.7 Å². The van der Waals surface area contributed by atoms with E-state index in [1.807, 2.05) is 11.8 Å². The molecule has 1 saturated heterocycles. The Morgan fingerprint density at radius 3 is 2.78 bits per heavy atom. The Hall–Kier alpha value is -0.460. The molecular formula is C12H26N4OS. The van der Waals surface area contributed by atoms with Crippen molar-refractivity contribution >= 4 is 17.7 Å². The van der Waals surface area contributed by atoms with E-state index in [1.165, 1.54) is 0 Å². The minimum absolute atomic E-state index is 0.717. The number of rotatable bonds is 7. The second-order valence-corrected chi connectivity index (χ2v) is 5.71. The fourth-order valence-electron chi connectivity index (χ4n) is 1.79. The van der Waals surface area contributed by atoms with Crippen molar-refractivity contribution in [1.82, 2.24) is 9.80 Å². The zero-order chi connectivity index (χ0) is 13.2. The number of aliphatic imine (C=N–C) groups is 1. The van der Waals surface area contributed by atoms with Gasteiger partial charge < -0.3 is 20.3 Å². The number of thioether (sulfide) groups is 1. The van der Waals surface area contributed by atoms with Crippen LogP contribution < -0.4 is 5.73 Å². The maximum absolute atomic E-state index is 5.98. The summed E-state index contributed by atoms with van der Waals surface area (Å²) < 4.78 is 5.04. The molecule has 0 atom stereocenters. The van der Waals surface area contributed by atoms with Crippen LogP contribution in [0.3, 0.4) is 0 Å². The second-order valence-electron chi connectivity index (χ2n) is 4.49. The lowest BCUT2D eigenvalue weighted by Crippen LogP contribution is -2.42. The third-order valence-corrected chi connectivity index (χ3v) is 3.93. The second kappa shape index (κ2) is 9.47. The Morgan fingerprint density at radius 1 is 1.39 bits per heavy atom. The summed E-state index contributed by atoms with van der Waals surface area (Å²) in [5.74, 6) is 3.04. The molecular weight excluding hydrogens is 248 g/mol. The Morgan fingerprint density at radius 2 is 2.11 bits per heavy atom. The molecule has 0 unspecified atom stereocenters. The average molecular weight is 274 g/mol. The van der Waals surface area contributed by atoms with Crippen molar-refractivity contribution in [3.8, 4) is 0 Å². The Labute approximate surface area is 115 Å². The van der Waals surface area contributed by atoms with Crippen LogP contribution in [0.2, 0.25) is 0 Å². The molecule has 0 aromatic carbocycles. The van der Waals surface area contributed by atoms with Crippen LogP contribution in [0.4, 0.5) is 0 Å². The molecule has 18 heavy (non-hydrogen) atoms. The maximum Gasteiger partial charge on any atom is 0.191 e. The largest absolute Gasteiger partial charge is 0.383 e. The lowest BCUT2D eigenvalue weighted by Gasteiger charge is -2.27. The highest BCUT2D eigenvalue weighted by atomic mass is 32.2. The molecule has 1 aliphatic heterocycles. The van der Waals surface area contributed by atoms with Gasteiger partial charge in [0.15, 0.2) is 5.96 Å². The molecule has 106 valence electrons. The monoisotopic (exact) mass is 274 g/mol. The summed E-state index contributed by atoms with van der Waals surface area (Å²) in [4.78, 5) is 8.90. The van der Waals surface area contributed by atoms with Crippen LogP contribution >= 0.6 is 11.8 Å². The molecule has 0 bridgehead atoms. The number of guanidine groups is 1. The van der Waals surface area contributed by atoms with Gasteiger partial charge in [-0.15, -0.1) is 0 Å². The lowest BCUT2D eigenvalue weighted by molar-refractivity contribution is 0.161. The first-order valence-corrected chi connectivity index (χ1v) is 7.69. The molecule has 0 spiro atoms. The topological polar surface area (TPSA) is 54.1 Å². The van der Waals surface area contributed by atoms with Crippen molar-refractivity contribution in [2.75, 3.05) is 65.0 Å². The first-order chi connectivity index (χ1) is 8.74. The van der Waals surface area contributed by atoms with Gasteiger partial charge in [0.05, 0.1) is 6.61 Å². The fourth-order valence-corrected chi connectivity index (χ4v) is 2.69. The Kier molecular flexibility index (Phi) is 8.20. The van der Waals surface area contributed by atoms with Gasteiger partial charge in [0.25, 0.3) is 0 Å². The molecule has 5 nitrogen and oxygen atoms in total. The maximum atomic E-state index is 5.98. The summed E-state index contributed by atoms with van der Waals surface area (Å²) in [5, 5.41) is 0. The fraction of sp³-hybridized carbons (Fsp3) is 0.917. The van der Waals surface area contributed by atoms with Gasteiger partial charge in [-0.3, -0.25) is 4.99 Å². The van der Waals surface area contributed by atoms with Crippen LogP contribution in [0.1, 0.15) is 6.42 Å². The van der Waals surface area contributed by atoms with E-state index in [4.69, 9.17) is 10.5 Å². The lowest BCUT2D eigenvalue weighted by atomic mass is 10.4. The predicted molar refractivity (Wildman–Crippen MR) is 79.4 cm³/mol. The molecule has 1 heterocycles. The predicted octanol–water partition coefficient (Wildman–Crippen LogP) is 0.318. The smallest absolute Gasteiger partial charge is 0.191 e. The highest BCUT2D eigenvalue weighted by molar-refractivity contribution is 7.99. The van der Waals surface area contributed by atoms with Crippen LogP contribution in [0.15, 0.2) is 4.99 Å². The van der Waals surface area contributed by atoms with Crippen LogP contribution in [0.5, 0.6) is 0 Å². The van der Waals surface area contributed by atoms with Crippen LogP contribution in [-0.4, -0.2) is 80.8 Å². The van der Waals surface area contributed by atoms with Crippen molar-refractivity contribution in [2.45, 2.75) is 6.42 Å². The molecule has 2 N–H and O–H groups in total. The van der Waals surface area contributed by atoms with E-state index in [9.17, 15) is 0 Å². The molecule has 0 aromatic rings. The number of nitrogens with zero attached hydrogens (tertiary/aromatic N) is 3. The van der Waals surface area contributed by atoms with Gasteiger partial charge in [0.2, 0.25) is 0 Å². The first-order valence-electron chi connectivity index (χ1n) is 6.54. The van der Waals surface area contributed by atoms with Crippen LogP contribution in [-0.2, 0) is 4.74 Å². The summed E-state index contributed by atoms with van der Waals surface area (Å²) in [5.41, 5.74) is 5.98. The molecule has 1 rings (SSSR count). The highest BCUT2D eigenvalue weighted by Crippen LogP contribution is 2.08. The highest BCUT2D eigenvalue weighted by Gasteiger charge is 2.11. The third-order valence-electron chi connectivity index (χ3n) is 2.98. The van der Waals surface area contributed by atoms with Crippen LogP contribution in [0.25, 0.3) is 0 Å². The minimum Gasteiger partial charge on any atom is -0.383 e. The van der Waals surface area contributed by atoms with Crippen molar-refractivity contribution in [3.63, 3.8) is 0 Å². The van der Waals surface area contributed by atoms with Crippen molar-refractivity contribution in [1.29, 1.82) is 0 Å². The van der Waals surface area contributed by atoms with E-state index in [-0.39, 0.29) is 0 Å². The van der Waals surface area contributed by atoms with Crippen molar-refractivity contribution in [3.05, 3.63) is 0 Å². The van der Waals surface area contributed by atoms with Crippen LogP contribution in [0, 0.1) is 0 Å². The zero-order valence-corrected chi connectivity index (χ0v) is 12.4. The summed E-state index contributed by atoms with van der Waals surface area (Å²) in [6, 6.07) is 0. The van der Waals surface area contributed by atoms with Gasteiger partial charge in [-0.1, -0.05) is 0 Å². The molecule has 0 amide bonds. The number of methoxy groups -OCH3 is 1. The van der Waals surface area contributed by atoms with E-state index in [0.717, 1.165) is 63.2 Å². The summed E-state index contributed by atoms with van der Waals surface area (Å²) in [6.45, 7) is 5.68. The SMILES string of the molecule is COCCN(C)CCCN=C(N)N1CCSCC1. The van der Waals surface area contributed by atoms with Crippen molar-refractivity contribution < 1.29 is 4.74 Å². The quantitative estimate of drug-likeness (QED) is 0.412. The number of hydrogen-bond donors (Lipinski definition) is 1. The molecule has 0 aromatic heterocycles. The summed E-state index contributed by atoms with van der Waals surface area (Å²) in [6.07, 6.45) is 1.05. The Balaban J connectivity index is 2.11. The average Bonchev–Trinajstić information content (AvgIpc) is 2.42. The Bertz CT molecular complexity index is 244. The minimum atomic E-state index is 0.717. The van der Waals surface area contributed by atoms with E-state index in [2.05, 4.69) is 21.8 Å². The van der Waals surface area contributed by atoms with Gasteiger partial charge in [-0.2, -0.15) is 11.8 Å². The number of nitrogens with two attached hydrogens (primary N) is 1. The molecule has 0 radical (unpaired) electrons. The van der Waals surface area contributed by atoms with E-state index in [1.54, 1.807) is 7.11 Å². The number of hydrogen-bond acceptors (Lipinski definition) is 4. The zero-order valence-electron chi connectivity index (χ0n) is 11.6. The van der Waals surface area contributed by atoms with Gasteiger partial charge in [-0.05, 0) is 20.0 Å². The van der Waals surface area contributed by atoms with Gasteiger partial charge in [-0.25, -0.2) is 0 Å². The first kappa shape index (κ1) is 15.6.